The Morgan fingerprint density at radius 3 is 2.58 bits per heavy atom. The molecule has 0 saturated carbocycles. The molecule has 192 valence electrons. The van der Waals surface area contributed by atoms with Crippen LogP contribution in [0.2, 0.25) is 5.02 Å². The average molecular weight is 516 g/mol. The van der Waals surface area contributed by atoms with Gasteiger partial charge in [0.1, 0.15) is 23.6 Å². The Kier molecular flexibility index (Phi) is 8.82. The molecule has 36 heavy (non-hydrogen) atoms. The van der Waals surface area contributed by atoms with Gasteiger partial charge in [-0.2, -0.15) is 0 Å². The van der Waals surface area contributed by atoms with Crippen LogP contribution < -0.4 is 20.1 Å². The summed E-state index contributed by atoms with van der Waals surface area (Å²) < 4.78 is 10.7. The van der Waals surface area contributed by atoms with Gasteiger partial charge in [0.2, 0.25) is 5.91 Å². The SMILES string of the molecule is C=C1[C@H](Cc2cc(Cl)ccc2OC)CNC(=O)CN1C(=O)NC(CC)c1ccc(C(=O)O)c(OC)c1. The van der Waals surface area contributed by atoms with Crippen LogP contribution in [0.5, 0.6) is 11.5 Å². The van der Waals surface area contributed by atoms with Crippen molar-refractivity contribution in [3.8, 4) is 11.5 Å². The van der Waals surface area contributed by atoms with E-state index >= 15 is 0 Å². The fourth-order valence-electron chi connectivity index (χ4n) is 4.19. The van der Waals surface area contributed by atoms with E-state index in [9.17, 15) is 19.5 Å². The number of benzene rings is 2. The summed E-state index contributed by atoms with van der Waals surface area (Å²) in [5.41, 5.74) is 2.03. The number of carbonyl (C=O) groups is 3. The fraction of sp³-hybridized carbons (Fsp3) is 0.346. The van der Waals surface area contributed by atoms with Crippen LogP contribution in [0.15, 0.2) is 48.7 Å². The molecule has 2 aromatic carbocycles. The molecule has 1 fully saturated rings. The highest BCUT2D eigenvalue weighted by Gasteiger charge is 2.31. The van der Waals surface area contributed by atoms with Gasteiger partial charge in [0.15, 0.2) is 0 Å². The molecule has 1 aliphatic heterocycles. The lowest BCUT2D eigenvalue weighted by atomic mass is 9.95. The highest BCUT2D eigenvalue weighted by Crippen LogP contribution is 2.30. The van der Waals surface area contributed by atoms with Crippen molar-refractivity contribution in [2.45, 2.75) is 25.8 Å². The van der Waals surface area contributed by atoms with Gasteiger partial charge in [-0.15, -0.1) is 0 Å². The number of hydrogen-bond donors (Lipinski definition) is 3. The first-order valence-electron chi connectivity index (χ1n) is 11.5. The van der Waals surface area contributed by atoms with Gasteiger partial charge in [-0.05, 0) is 54.3 Å². The number of aromatic carboxylic acids is 1. The van der Waals surface area contributed by atoms with Gasteiger partial charge in [-0.1, -0.05) is 31.2 Å². The maximum Gasteiger partial charge on any atom is 0.339 e. The van der Waals surface area contributed by atoms with Crippen molar-refractivity contribution in [3.05, 3.63) is 70.4 Å². The maximum atomic E-state index is 13.4. The third-order valence-corrected chi connectivity index (χ3v) is 6.42. The number of urea groups is 1. The number of nitrogens with one attached hydrogen (secondary N) is 2. The third kappa shape index (κ3) is 6.09. The largest absolute Gasteiger partial charge is 0.496 e. The molecule has 0 bridgehead atoms. The molecule has 2 aromatic rings. The van der Waals surface area contributed by atoms with Crippen molar-refractivity contribution in [2.75, 3.05) is 27.3 Å². The number of amides is 3. The zero-order valence-electron chi connectivity index (χ0n) is 20.5. The molecular weight excluding hydrogens is 486 g/mol. The van der Waals surface area contributed by atoms with Crippen molar-refractivity contribution >= 4 is 29.5 Å². The van der Waals surface area contributed by atoms with E-state index in [0.717, 1.165) is 5.56 Å². The molecule has 0 spiro atoms. The molecule has 3 amide bonds. The van der Waals surface area contributed by atoms with E-state index < -0.39 is 18.0 Å². The topological polar surface area (TPSA) is 117 Å². The minimum absolute atomic E-state index is 0.0271. The Hall–Kier alpha value is -3.72. The molecule has 10 heteroatoms. The Morgan fingerprint density at radius 2 is 1.94 bits per heavy atom. The highest BCUT2D eigenvalue weighted by molar-refractivity contribution is 6.30. The highest BCUT2D eigenvalue weighted by atomic mass is 35.5. The first-order chi connectivity index (χ1) is 17.2. The first kappa shape index (κ1) is 26.9. The van der Waals surface area contributed by atoms with Gasteiger partial charge in [0, 0.05) is 23.2 Å². The van der Waals surface area contributed by atoms with Crippen molar-refractivity contribution < 1.29 is 29.0 Å². The second-order valence-electron chi connectivity index (χ2n) is 8.41. The van der Waals surface area contributed by atoms with E-state index in [1.54, 1.807) is 37.4 Å². The Bertz CT molecular complexity index is 1170. The summed E-state index contributed by atoms with van der Waals surface area (Å²) in [4.78, 5) is 38.6. The number of carbonyl (C=O) groups excluding carboxylic acids is 2. The second-order valence-corrected chi connectivity index (χ2v) is 8.85. The zero-order valence-corrected chi connectivity index (χ0v) is 21.2. The number of ether oxygens (including phenoxy) is 2. The summed E-state index contributed by atoms with van der Waals surface area (Å²) in [5, 5.41) is 15.7. The summed E-state index contributed by atoms with van der Waals surface area (Å²) in [5.74, 6) is -0.827. The van der Waals surface area contributed by atoms with Gasteiger partial charge in [0.05, 0.1) is 20.3 Å². The third-order valence-electron chi connectivity index (χ3n) is 6.18. The Balaban J connectivity index is 1.82. The smallest absolute Gasteiger partial charge is 0.339 e. The molecule has 1 aliphatic rings. The van der Waals surface area contributed by atoms with Crippen molar-refractivity contribution in [2.24, 2.45) is 5.92 Å². The standard InChI is InChI=1S/C26H30ClN3O6/c1-5-21(16-6-8-20(25(32)33)23(12-16)36-4)29-26(34)30-14-24(31)28-13-18(15(30)2)10-17-11-19(27)7-9-22(17)35-3/h6-9,11-12,18,21H,2,5,10,13-14H2,1,3-4H3,(H,28,31)(H,29,34)(H,32,33)/t18-,21?/m1/s1. The zero-order chi connectivity index (χ0) is 26.4. The van der Waals surface area contributed by atoms with Gasteiger partial charge in [-0.3, -0.25) is 9.69 Å². The lowest BCUT2D eigenvalue weighted by molar-refractivity contribution is -0.120. The summed E-state index contributed by atoms with van der Waals surface area (Å²) >= 11 is 6.18. The predicted octanol–water partition coefficient (Wildman–Crippen LogP) is 4.02. The van der Waals surface area contributed by atoms with Gasteiger partial charge in [-0.25, -0.2) is 9.59 Å². The van der Waals surface area contributed by atoms with Gasteiger partial charge >= 0.3 is 12.0 Å². The normalized spacial score (nSPS) is 16.6. The van der Waals surface area contributed by atoms with Crippen LogP contribution in [0.1, 0.15) is 40.9 Å². The van der Waals surface area contributed by atoms with E-state index in [-0.39, 0.29) is 29.7 Å². The minimum atomic E-state index is -1.11. The second kappa shape index (κ2) is 11.8. The first-order valence-corrected chi connectivity index (χ1v) is 11.8. The molecule has 2 atom stereocenters. The lowest BCUT2D eigenvalue weighted by Crippen LogP contribution is -2.44. The van der Waals surface area contributed by atoms with Crippen LogP contribution in [0.3, 0.4) is 0 Å². The van der Waals surface area contributed by atoms with Crippen LogP contribution in [0.25, 0.3) is 0 Å². The molecule has 0 radical (unpaired) electrons. The van der Waals surface area contributed by atoms with E-state index in [4.69, 9.17) is 21.1 Å². The maximum absolute atomic E-state index is 13.4. The summed E-state index contributed by atoms with van der Waals surface area (Å²) in [6.07, 6.45) is 0.981. The predicted molar refractivity (Wildman–Crippen MR) is 136 cm³/mol. The Labute approximate surface area is 215 Å². The molecule has 3 N–H and O–H groups in total. The monoisotopic (exact) mass is 515 g/mol. The number of rotatable bonds is 8. The van der Waals surface area contributed by atoms with E-state index in [2.05, 4.69) is 17.2 Å². The van der Waals surface area contributed by atoms with Crippen LogP contribution >= 0.6 is 11.6 Å². The van der Waals surface area contributed by atoms with Crippen LogP contribution in [0.4, 0.5) is 4.79 Å². The fourth-order valence-corrected chi connectivity index (χ4v) is 4.38. The lowest BCUT2D eigenvalue weighted by Gasteiger charge is -2.29. The number of methoxy groups -OCH3 is 2. The van der Waals surface area contributed by atoms with Gasteiger partial charge < -0.3 is 25.2 Å². The van der Waals surface area contributed by atoms with E-state index in [0.29, 0.717) is 41.4 Å². The van der Waals surface area contributed by atoms with Crippen LogP contribution in [0, 0.1) is 5.92 Å². The van der Waals surface area contributed by atoms with Crippen molar-refractivity contribution in [1.29, 1.82) is 0 Å². The molecule has 0 aliphatic carbocycles. The summed E-state index contributed by atoms with van der Waals surface area (Å²) in [7, 11) is 2.96. The Morgan fingerprint density at radius 1 is 1.22 bits per heavy atom. The average Bonchev–Trinajstić information content (AvgIpc) is 3.00. The molecule has 1 heterocycles. The molecular formula is C26H30ClN3O6. The minimum Gasteiger partial charge on any atom is -0.496 e. The number of nitrogens with zero attached hydrogens (tertiary/aromatic N) is 1. The van der Waals surface area contributed by atoms with Crippen LogP contribution in [-0.4, -0.2) is 55.2 Å². The van der Waals surface area contributed by atoms with Crippen molar-refractivity contribution in [1.82, 2.24) is 15.5 Å². The van der Waals surface area contributed by atoms with Crippen molar-refractivity contribution in [3.63, 3.8) is 0 Å². The summed E-state index contributed by atoms with van der Waals surface area (Å²) in [6, 6.07) is 9.05. The number of halogens is 1. The van der Waals surface area contributed by atoms with Crippen LogP contribution in [-0.2, 0) is 11.2 Å². The molecule has 1 unspecified atom stereocenters. The molecule has 1 saturated heterocycles. The molecule has 0 aromatic heterocycles. The van der Waals surface area contributed by atoms with Gasteiger partial charge in [0.25, 0.3) is 0 Å². The molecule has 9 nitrogen and oxygen atoms in total. The van der Waals surface area contributed by atoms with E-state index in [1.807, 2.05) is 6.92 Å². The van der Waals surface area contributed by atoms with E-state index in [1.165, 1.54) is 18.1 Å². The number of carboxylic acids is 1. The summed E-state index contributed by atoms with van der Waals surface area (Å²) in [6.45, 7) is 6.17. The number of hydrogen-bond acceptors (Lipinski definition) is 5. The number of carboxylic acid groups (broad SMARTS) is 1. The molecule has 3 rings (SSSR count). The quantitative estimate of drug-likeness (QED) is 0.489.